The highest BCUT2D eigenvalue weighted by atomic mass is 32.2. The molecule has 0 spiro atoms. The van der Waals surface area contributed by atoms with E-state index in [4.69, 9.17) is 4.74 Å². The number of carbonyl (C=O) groups excluding carboxylic acids is 1. The van der Waals surface area contributed by atoms with Crippen LogP contribution in [0.15, 0.2) is 59.5 Å². The topological polar surface area (TPSA) is 84.9 Å². The van der Waals surface area contributed by atoms with E-state index in [9.17, 15) is 13.2 Å². The summed E-state index contributed by atoms with van der Waals surface area (Å²) in [4.78, 5) is 11.6. The Balaban J connectivity index is 1.78. The Morgan fingerprint density at radius 1 is 1.00 bits per heavy atom. The summed E-state index contributed by atoms with van der Waals surface area (Å²) in [7, 11) is -0.767. The van der Waals surface area contributed by atoms with E-state index in [-0.39, 0.29) is 29.5 Å². The largest absolute Gasteiger partial charge is 0.497 e. The van der Waals surface area contributed by atoms with Crippen molar-refractivity contribution in [2.75, 3.05) is 20.8 Å². The Labute approximate surface area is 184 Å². The predicted molar refractivity (Wildman–Crippen MR) is 118 cm³/mol. The van der Waals surface area contributed by atoms with Crippen LogP contribution in [0.4, 0.5) is 0 Å². The lowest BCUT2D eigenvalue weighted by atomic mass is 9.91. The number of hydrogen-bond donors (Lipinski definition) is 1. The van der Waals surface area contributed by atoms with E-state index in [0.717, 1.165) is 31.2 Å². The highest BCUT2D eigenvalue weighted by molar-refractivity contribution is 7.89. The predicted octanol–water partition coefficient (Wildman–Crippen LogP) is 2.96. The van der Waals surface area contributed by atoms with Crippen LogP contribution in [0.3, 0.4) is 0 Å². The minimum absolute atomic E-state index is 0.108. The highest BCUT2D eigenvalue weighted by Crippen LogP contribution is 2.30. The molecule has 1 fully saturated rings. The van der Waals surface area contributed by atoms with Gasteiger partial charge in [-0.25, -0.2) is 8.42 Å². The zero-order valence-corrected chi connectivity index (χ0v) is 18.8. The fourth-order valence-electron chi connectivity index (χ4n) is 3.92. The Hall–Kier alpha value is -2.42. The Morgan fingerprint density at radius 3 is 2.23 bits per heavy atom. The van der Waals surface area contributed by atoms with Crippen LogP contribution in [-0.2, 0) is 26.1 Å². The molecule has 0 radical (unpaired) electrons. The van der Waals surface area contributed by atoms with Crippen molar-refractivity contribution in [1.29, 1.82) is 0 Å². The van der Waals surface area contributed by atoms with Crippen LogP contribution in [0, 0.1) is 0 Å². The molecule has 2 aromatic carbocycles. The van der Waals surface area contributed by atoms with Crippen LogP contribution < -0.4 is 10.1 Å². The third-order valence-corrected chi connectivity index (χ3v) is 7.63. The van der Waals surface area contributed by atoms with Crippen LogP contribution in [-0.4, -0.2) is 51.5 Å². The molecule has 1 N–H and O–H groups in total. The van der Waals surface area contributed by atoms with Gasteiger partial charge >= 0.3 is 5.97 Å². The van der Waals surface area contributed by atoms with Gasteiger partial charge in [-0.2, -0.15) is 4.31 Å². The maximum Gasteiger partial charge on any atom is 0.319 e. The molecular formula is C23H30N2O5S. The molecule has 1 saturated carbocycles. The van der Waals surface area contributed by atoms with Gasteiger partial charge in [0.15, 0.2) is 0 Å². The van der Waals surface area contributed by atoms with Gasteiger partial charge < -0.3 is 14.8 Å². The molecule has 1 aliphatic carbocycles. The SMILES string of the molecule is COC(=O)CNC1CCC(N(Cc2ccccc2)S(=O)(=O)c2ccc(OC)cc2)CC1. The average Bonchev–Trinajstić information content (AvgIpc) is 2.82. The van der Waals surface area contributed by atoms with Gasteiger partial charge in [-0.3, -0.25) is 4.79 Å². The second-order valence-electron chi connectivity index (χ2n) is 7.67. The molecule has 1 aliphatic rings. The first-order valence-electron chi connectivity index (χ1n) is 10.4. The summed E-state index contributed by atoms with van der Waals surface area (Å²) in [6.07, 6.45) is 3.04. The van der Waals surface area contributed by atoms with Gasteiger partial charge in [0, 0.05) is 18.6 Å². The quantitative estimate of drug-likeness (QED) is 0.596. The third-order valence-electron chi connectivity index (χ3n) is 5.71. The summed E-state index contributed by atoms with van der Waals surface area (Å²) in [5.74, 6) is 0.320. The van der Waals surface area contributed by atoms with Gasteiger partial charge in [-0.15, -0.1) is 0 Å². The standard InChI is InChI=1S/C23H30N2O5S/c1-29-21-12-14-22(15-13-21)31(27,28)25(17-18-6-4-3-5-7-18)20-10-8-19(9-11-20)24-16-23(26)30-2/h3-7,12-15,19-20,24H,8-11,16-17H2,1-2H3. The molecule has 168 valence electrons. The maximum absolute atomic E-state index is 13.6. The number of hydrogen-bond acceptors (Lipinski definition) is 6. The number of methoxy groups -OCH3 is 2. The summed E-state index contributed by atoms with van der Waals surface area (Å²) in [5, 5.41) is 3.21. The van der Waals surface area contributed by atoms with Crippen LogP contribution in [0.5, 0.6) is 5.75 Å². The molecule has 0 saturated heterocycles. The van der Waals surface area contributed by atoms with E-state index >= 15 is 0 Å². The fourth-order valence-corrected chi connectivity index (χ4v) is 5.60. The summed E-state index contributed by atoms with van der Waals surface area (Å²) < 4.78 is 38.6. The van der Waals surface area contributed by atoms with Gasteiger partial charge in [0.2, 0.25) is 10.0 Å². The van der Waals surface area contributed by atoms with Crippen molar-refractivity contribution in [3.05, 3.63) is 60.2 Å². The van der Waals surface area contributed by atoms with Gasteiger partial charge in [0.1, 0.15) is 5.75 Å². The van der Waals surface area contributed by atoms with E-state index < -0.39 is 10.0 Å². The van der Waals surface area contributed by atoms with E-state index in [1.807, 2.05) is 30.3 Å². The van der Waals surface area contributed by atoms with E-state index in [2.05, 4.69) is 10.1 Å². The molecule has 31 heavy (non-hydrogen) atoms. The zero-order chi connectivity index (χ0) is 22.3. The zero-order valence-electron chi connectivity index (χ0n) is 18.0. The number of nitrogens with zero attached hydrogens (tertiary/aromatic N) is 1. The summed E-state index contributed by atoms with van der Waals surface area (Å²) in [6, 6.07) is 16.2. The molecular weight excluding hydrogens is 416 g/mol. The number of rotatable bonds is 9. The lowest BCUT2D eigenvalue weighted by Gasteiger charge is -2.36. The first kappa shape index (κ1) is 23.2. The smallest absolute Gasteiger partial charge is 0.319 e. The van der Waals surface area contributed by atoms with Crippen LogP contribution in [0.2, 0.25) is 0 Å². The van der Waals surface area contributed by atoms with Gasteiger partial charge in [0.25, 0.3) is 0 Å². The first-order chi connectivity index (χ1) is 14.9. The Morgan fingerprint density at radius 2 is 1.65 bits per heavy atom. The van der Waals surface area contributed by atoms with E-state index in [1.165, 1.54) is 7.11 Å². The van der Waals surface area contributed by atoms with Gasteiger partial charge in [0.05, 0.1) is 25.7 Å². The van der Waals surface area contributed by atoms with Crippen molar-refractivity contribution in [3.8, 4) is 5.75 Å². The van der Waals surface area contributed by atoms with Crippen molar-refractivity contribution in [3.63, 3.8) is 0 Å². The van der Waals surface area contributed by atoms with Crippen molar-refractivity contribution in [2.45, 2.75) is 49.2 Å². The van der Waals surface area contributed by atoms with Gasteiger partial charge in [-0.05, 0) is 55.5 Å². The molecule has 0 bridgehead atoms. The lowest BCUT2D eigenvalue weighted by Crippen LogP contribution is -2.45. The molecule has 0 amide bonds. The first-order valence-corrected chi connectivity index (χ1v) is 11.9. The minimum Gasteiger partial charge on any atom is -0.497 e. The molecule has 0 atom stereocenters. The summed E-state index contributed by atoms with van der Waals surface area (Å²) in [5.41, 5.74) is 0.950. The van der Waals surface area contributed by atoms with Crippen molar-refractivity contribution in [1.82, 2.24) is 9.62 Å². The van der Waals surface area contributed by atoms with Crippen LogP contribution >= 0.6 is 0 Å². The Bertz CT molecular complexity index is 940. The monoisotopic (exact) mass is 446 g/mol. The number of sulfonamides is 1. The second-order valence-corrected chi connectivity index (χ2v) is 9.56. The van der Waals surface area contributed by atoms with Crippen LogP contribution in [0.25, 0.3) is 0 Å². The second kappa shape index (κ2) is 10.7. The molecule has 7 nitrogen and oxygen atoms in total. The maximum atomic E-state index is 13.6. The van der Waals surface area contributed by atoms with Crippen molar-refractivity contribution in [2.24, 2.45) is 0 Å². The Kier molecular flexibility index (Phi) is 8.06. The third kappa shape index (κ3) is 6.06. The molecule has 0 unspecified atom stereocenters. The van der Waals surface area contributed by atoms with E-state index in [0.29, 0.717) is 12.3 Å². The summed E-state index contributed by atoms with van der Waals surface area (Å²) >= 11 is 0. The molecule has 0 aromatic heterocycles. The molecule has 2 aromatic rings. The number of nitrogens with one attached hydrogen (secondary N) is 1. The summed E-state index contributed by atoms with van der Waals surface area (Å²) in [6.45, 7) is 0.490. The fraction of sp³-hybridized carbons (Fsp3) is 0.435. The van der Waals surface area contributed by atoms with Crippen molar-refractivity contribution >= 4 is 16.0 Å². The molecule has 8 heteroatoms. The van der Waals surface area contributed by atoms with Crippen molar-refractivity contribution < 1.29 is 22.7 Å². The normalized spacial score (nSPS) is 19.2. The highest BCUT2D eigenvalue weighted by Gasteiger charge is 2.34. The lowest BCUT2D eigenvalue weighted by molar-refractivity contribution is -0.139. The minimum atomic E-state index is -3.69. The molecule has 3 rings (SSSR count). The number of carbonyl (C=O) groups is 1. The van der Waals surface area contributed by atoms with E-state index in [1.54, 1.807) is 35.7 Å². The van der Waals surface area contributed by atoms with Crippen LogP contribution in [0.1, 0.15) is 31.2 Å². The molecule has 0 heterocycles. The number of esters is 1. The van der Waals surface area contributed by atoms with Gasteiger partial charge in [-0.1, -0.05) is 30.3 Å². The average molecular weight is 447 g/mol. The molecule has 0 aliphatic heterocycles. The number of ether oxygens (including phenoxy) is 2. The number of benzene rings is 2.